The number of carbonyl (C=O) groups excluding carboxylic acids is 7. The summed E-state index contributed by atoms with van der Waals surface area (Å²) in [6.45, 7) is 0.445. The molecule has 0 spiro atoms. The number of nitrogens with two attached hydrogens (primary N) is 7. The van der Waals surface area contributed by atoms with Gasteiger partial charge in [-0.1, -0.05) is 20.3 Å². The zero-order valence-electron chi connectivity index (χ0n) is 34.9. The molecule has 28 nitrogen and oxygen atoms in total. The molecule has 0 aliphatic rings. The first-order valence-electron chi connectivity index (χ1n) is 19.6. The summed E-state index contributed by atoms with van der Waals surface area (Å²) < 4.78 is 0. The predicted molar refractivity (Wildman–Crippen MR) is 225 cm³/mol. The number of amides is 7. The summed E-state index contributed by atoms with van der Waals surface area (Å²) in [5, 5.41) is 45.2. The van der Waals surface area contributed by atoms with Gasteiger partial charge in [0.2, 0.25) is 41.4 Å². The fraction of sp³-hybridized carbons (Fsp3) is 0.676. The molecule has 0 saturated heterocycles. The Balaban J connectivity index is 5.71. The Morgan fingerprint density at radius 3 is 1.32 bits per heavy atom. The van der Waals surface area contributed by atoms with Crippen molar-refractivity contribution in [1.82, 2.24) is 37.2 Å². The van der Waals surface area contributed by atoms with Crippen LogP contribution >= 0.6 is 0 Å². The molecule has 7 atom stereocenters. The van der Waals surface area contributed by atoms with Crippen LogP contribution in [0.4, 0.5) is 0 Å². The average Bonchev–Trinajstić information content (AvgIpc) is 3.21. The van der Waals surface area contributed by atoms with Gasteiger partial charge < -0.3 is 92.7 Å². The van der Waals surface area contributed by atoms with Crippen molar-refractivity contribution in [3.8, 4) is 0 Å². The normalized spacial score (nSPS) is 14.0. The highest BCUT2D eigenvalue weighted by atomic mass is 16.4. The van der Waals surface area contributed by atoms with Crippen LogP contribution in [-0.2, 0) is 38.4 Å². The van der Waals surface area contributed by atoms with Crippen LogP contribution in [0.3, 0.4) is 0 Å². The number of aliphatic imine (C=N–C) groups is 3. The van der Waals surface area contributed by atoms with Gasteiger partial charge in [0.25, 0.3) is 0 Å². The van der Waals surface area contributed by atoms with Gasteiger partial charge in [0.15, 0.2) is 17.9 Å². The number of carboxylic acids is 1. The largest absolute Gasteiger partial charge is 0.480 e. The lowest BCUT2D eigenvalue weighted by Crippen LogP contribution is -2.58. The van der Waals surface area contributed by atoms with E-state index in [2.05, 4.69) is 52.2 Å². The van der Waals surface area contributed by atoms with Crippen molar-refractivity contribution in [2.75, 3.05) is 45.9 Å². The summed E-state index contributed by atoms with van der Waals surface area (Å²) >= 11 is 0. The van der Waals surface area contributed by atoms with E-state index in [1.807, 2.05) is 0 Å². The second-order valence-corrected chi connectivity index (χ2v) is 13.8. The number of aliphatic carboxylic acids is 1. The standard InChI is InChI=1S/C34H65N17O11/c1-3-17(2)25(35)30(60)51-22(16-53)29(59)50-21(15-52)26(56)46-13-23(54)45-14-24(55)47-18(7-4-10-42-32(36)37)27(57)48-19(8-5-11-43-33(38)39)28(58)49-20(31(61)62)9-6-12-44-34(40)41/h17-22,25,52-53H,3-16,35H2,1-2H3,(H,45,54)(H,46,56)(H,47,55)(H,48,57)(H,49,58)(H,50,59)(H,51,60)(H,61,62)(H4,36,37,42)(H4,38,39,43)(H4,40,41,44)/t17-,18-,19-,20-,21-,22-,25-/m0/s1. The van der Waals surface area contributed by atoms with Crippen molar-refractivity contribution in [3.63, 3.8) is 0 Å². The van der Waals surface area contributed by atoms with E-state index in [1.54, 1.807) is 13.8 Å². The highest BCUT2D eigenvalue weighted by molar-refractivity contribution is 5.96. The van der Waals surface area contributed by atoms with Crippen LogP contribution in [0.5, 0.6) is 0 Å². The van der Waals surface area contributed by atoms with Gasteiger partial charge in [0.05, 0.1) is 32.3 Å². The van der Waals surface area contributed by atoms with Crippen LogP contribution in [0.2, 0.25) is 0 Å². The van der Waals surface area contributed by atoms with Gasteiger partial charge >= 0.3 is 5.97 Å². The maximum Gasteiger partial charge on any atom is 0.326 e. The third-order valence-corrected chi connectivity index (χ3v) is 8.80. The van der Waals surface area contributed by atoms with Crippen molar-refractivity contribution in [2.45, 2.75) is 95.0 Å². The Morgan fingerprint density at radius 1 is 0.516 bits per heavy atom. The van der Waals surface area contributed by atoms with Crippen LogP contribution in [-0.4, -0.2) is 163 Å². The molecule has 0 aromatic carbocycles. The lowest BCUT2D eigenvalue weighted by molar-refractivity contribution is -0.142. The minimum atomic E-state index is -1.62. The molecule has 0 saturated carbocycles. The van der Waals surface area contributed by atoms with Crippen LogP contribution < -0.4 is 77.4 Å². The molecule has 24 N–H and O–H groups in total. The van der Waals surface area contributed by atoms with Gasteiger partial charge in [-0.25, -0.2) is 4.79 Å². The highest BCUT2D eigenvalue weighted by Gasteiger charge is 2.31. The van der Waals surface area contributed by atoms with Crippen LogP contribution in [0.25, 0.3) is 0 Å². The summed E-state index contributed by atoms with van der Waals surface area (Å²) in [6.07, 6.45) is 0.834. The number of guanidine groups is 3. The Labute approximate surface area is 357 Å². The maximum atomic E-state index is 13.6. The van der Waals surface area contributed by atoms with Gasteiger partial charge in [0.1, 0.15) is 30.2 Å². The quantitative estimate of drug-likeness (QED) is 0.0175. The molecule has 0 aliphatic heterocycles. The van der Waals surface area contributed by atoms with Gasteiger partial charge in [-0.3, -0.25) is 48.5 Å². The molecule has 0 unspecified atom stereocenters. The van der Waals surface area contributed by atoms with E-state index in [0.717, 1.165) is 0 Å². The minimum absolute atomic E-state index is 0.0397. The fourth-order valence-corrected chi connectivity index (χ4v) is 5.07. The van der Waals surface area contributed by atoms with Crippen molar-refractivity contribution in [1.29, 1.82) is 0 Å². The van der Waals surface area contributed by atoms with E-state index in [1.165, 1.54) is 0 Å². The van der Waals surface area contributed by atoms with Crippen LogP contribution in [0.15, 0.2) is 15.0 Å². The number of aliphatic hydroxyl groups is 2. The van der Waals surface area contributed by atoms with Gasteiger partial charge in [-0.05, 0) is 44.4 Å². The third kappa shape index (κ3) is 23.9. The second kappa shape index (κ2) is 30.5. The zero-order chi connectivity index (χ0) is 47.4. The van der Waals surface area contributed by atoms with E-state index in [-0.39, 0.29) is 82.0 Å². The molecule has 0 rings (SSSR count). The number of nitrogens with zero attached hydrogens (tertiary/aromatic N) is 3. The van der Waals surface area contributed by atoms with E-state index in [4.69, 9.17) is 40.1 Å². The summed E-state index contributed by atoms with van der Waals surface area (Å²) in [4.78, 5) is 114. The number of carbonyl (C=O) groups is 8. The summed E-state index contributed by atoms with van der Waals surface area (Å²) in [5.74, 6) is -8.59. The van der Waals surface area contributed by atoms with Crippen LogP contribution in [0.1, 0.15) is 58.8 Å². The first-order valence-corrected chi connectivity index (χ1v) is 19.6. The molecule has 0 aromatic heterocycles. The number of carboxylic acid groups (broad SMARTS) is 1. The molecule has 7 amide bonds. The van der Waals surface area contributed by atoms with Crippen LogP contribution in [0, 0.1) is 5.92 Å². The van der Waals surface area contributed by atoms with E-state index < -0.39 is 110 Å². The van der Waals surface area contributed by atoms with Gasteiger partial charge in [-0.15, -0.1) is 0 Å². The Kier molecular flexibility index (Phi) is 27.3. The monoisotopic (exact) mass is 888 g/mol. The van der Waals surface area contributed by atoms with E-state index in [9.17, 15) is 53.7 Å². The SMILES string of the molecule is CC[C@H](C)[C@H](N)C(=O)N[C@@H](CO)C(=O)N[C@@H](CO)C(=O)NCC(=O)NCC(=O)N[C@@H](CCCN=C(N)N)C(=O)N[C@@H](CCCN=C(N)N)C(=O)N[C@@H](CCCN=C(N)N)C(=O)O. The molecule has 28 heteroatoms. The number of nitrogens with one attached hydrogen (secondary N) is 7. The summed E-state index contributed by atoms with van der Waals surface area (Å²) in [5.41, 5.74) is 37.9. The van der Waals surface area contributed by atoms with Crippen molar-refractivity contribution >= 4 is 65.2 Å². The second-order valence-electron chi connectivity index (χ2n) is 13.8. The molecular weight excluding hydrogens is 822 g/mol. The number of rotatable bonds is 31. The van der Waals surface area contributed by atoms with Gasteiger partial charge in [0, 0.05) is 19.6 Å². The number of hydrogen-bond donors (Lipinski definition) is 17. The number of hydrogen-bond acceptors (Lipinski definition) is 14. The summed E-state index contributed by atoms with van der Waals surface area (Å²) in [7, 11) is 0. The Bertz CT molecular complexity index is 1580. The van der Waals surface area contributed by atoms with Crippen molar-refractivity contribution < 1.29 is 53.7 Å². The maximum absolute atomic E-state index is 13.6. The average molecular weight is 888 g/mol. The molecule has 0 bridgehead atoms. The smallest absolute Gasteiger partial charge is 0.326 e. The molecule has 62 heavy (non-hydrogen) atoms. The molecule has 0 radical (unpaired) electrons. The summed E-state index contributed by atoms with van der Waals surface area (Å²) in [6, 6.07) is -8.19. The fourth-order valence-electron chi connectivity index (χ4n) is 5.07. The lowest BCUT2D eigenvalue weighted by Gasteiger charge is -2.24. The molecule has 352 valence electrons. The number of aliphatic hydroxyl groups excluding tert-OH is 2. The lowest BCUT2D eigenvalue weighted by atomic mass is 9.99. The topological polar surface area (TPSA) is 501 Å². The minimum Gasteiger partial charge on any atom is -0.480 e. The van der Waals surface area contributed by atoms with E-state index in [0.29, 0.717) is 6.42 Å². The van der Waals surface area contributed by atoms with Crippen molar-refractivity contribution in [3.05, 3.63) is 0 Å². The molecule has 0 heterocycles. The molecule has 0 fully saturated rings. The van der Waals surface area contributed by atoms with E-state index >= 15 is 0 Å². The molecule has 0 aromatic rings. The first-order chi connectivity index (χ1) is 29.2. The zero-order valence-corrected chi connectivity index (χ0v) is 34.9. The first kappa shape index (κ1) is 55.5. The van der Waals surface area contributed by atoms with Gasteiger partial charge in [-0.2, -0.15) is 0 Å². The Hall–Kier alpha value is -6.55. The Morgan fingerprint density at radius 2 is 0.887 bits per heavy atom. The predicted octanol–water partition coefficient (Wildman–Crippen LogP) is -8.75. The molecular formula is C34H65N17O11. The highest BCUT2D eigenvalue weighted by Crippen LogP contribution is 2.07. The van der Waals surface area contributed by atoms with Crippen molar-refractivity contribution in [2.24, 2.45) is 61.0 Å². The third-order valence-electron chi connectivity index (χ3n) is 8.80. The molecule has 0 aliphatic carbocycles.